The van der Waals surface area contributed by atoms with Crippen LogP contribution in [0.1, 0.15) is 5.56 Å². The van der Waals surface area contributed by atoms with Gasteiger partial charge in [0, 0.05) is 6.54 Å². The zero-order valence-corrected chi connectivity index (χ0v) is 10.7. The minimum absolute atomic E-state index is 0.207. The maximum Gasteiger partial charge on any atom is 0.332 e. The highest BCUT2D eigenvalue weighted by molar-refractivity contribution is 7.80. The zero-order chi connectivity index (χ0) is 13.7. The maximum absolute atomic E-state index is 10.2. The van der Waals surface area contributed by atoms with Crippen molar-refractivity contribution in [1.82, 2.24) is 10.8 Å². The summed E-state index contributed by atoms with van der Waals surface area (Å²) in [7, 11) is 0. The minimum atomic E-state index is -1.08. The molecule has 0 aliphatic carbocycles. The van der Waals surface area contributed by atoms with E-state index in [1.54, 1.807) is 0 Å². The van der Waals surface area contributed by atoms with Crippen LogP contribution in [0.2, 0.25) is 0 Å². The Bertz CT molecular complexity index is 494. The molecule has 1 aliphatic rings. The number of aliphatic carboxylic acids is 1. The van der Waals surface area contributed by atoms with Crippen LogP contribution in [0.25, 0.3) is 0 Å². The van der Waals surface area contributed by atoms with E-state index < -0.39 is 12.6 Å². The van der Waals surface area contributed by atoms with Crippen LogP contribution < -0.4 is 20.3 Å². The van der Waals surface area contributed by atoms with Crippen molar-refractivity contribution in [2.75, 3.05) is 13.4 Å². The van der Waals surface area contributed by atoms with Gasteiger partial charge in [0.15, 0.2) is 23.2 Å². The Kier molecular flexibility index (Phi) is 4.37. The number of ether oxygens (including phenoxy) is 2. The van der Waals surface area contributed by atoms with Gasteiger partial charge in [-0.1, -0.05) is 6.07 Å². The molecular formula is C11H12N2O5S. The van der Waals surface area contributed by atoms with Crippen LogP contribution in [0.5, 0.6) is 11.5 Å². The summed E-state index contributed by atoms with van der Waals surface area (Å²) >= 11 is 4.91. The molecule has 8 heteroatoms. The van der Waals surface area contributed by atoms with Gasteiger partial charge in [0.25, 0.3) is 0 Å². The number of nitrogens with one attached hydrogen (secondary N) is 2. The van der Waals surface area contributed by atoms with Crippen molar-refractivity contribution in [2.45, 2.75) is 6.54 Å². The molecule has 0 amide bonds. The van der Waals surface area contributed by atoms with Gasteiger partial charge >= 0.3 is 5.97 Å². The number of fused-ring (bicyclic) bond motifs is 1. The van der Waals surface area contributed by atoms with E-state index in [1.165, 1.54) is 0 Å². The molecule has 0 bridgehead atoms. The molecule has 1 heterocycles. The number of carbonyl (C=O) groups is 1. The van der Waals surface area contributed by atoms with Gasteiger partial charge in [-0.25, -0.2) is 10.3 Å². The highest BCUT2D eigenvalue weighted by Gasteiger charge is 2.13. The molecule has 19 heavy (non-hydrogen) atoms. The maximum atomic E-state index is 10.2. The molecule has 2 rings (SSSR count). The number of thiocarbonyl (C=S) groups is 1. The summed E-state index contributed by atoms with van der Waals surface area (Å²) in [4.78, 5) is 14.8. The van der Waals surface area contributed by atoms with Crippen molar-refractivity contribution in [3.8, 4) is 11.5 Å². The third kappa shape index (κ3) is 3.97. The molecule has 0 radical (unpaired) electrons. The minimum Gasteiger partial charge on any atom is -0.479 e. The van der Waals surface area contributed by atoms with Crippen LogP contribution in [0.15, 0.2) is 18.2 Å². The lowest BCUT2D eigenvalue weighted by Gasteiger charge is -2.09. The molecule has 0 saturated heterocycles. The van der Waals surface area contributed by atoms with Crippen LogP contribution >= 0.6 is 12.2 Å². The second-order valence-corrected chi connectivity index (χ2v) is 4.06. The van der Waals surface area contributed by atoms with Gasteiger partial charge in [-0.2, -0.15) is 0 Å². The van der Waals surface area contributed by atoms with Gasteiger partial charge in [-0.15, -0.1) is 0 Å². The zero-order valence-electron chi connectivity index (χ0n) is 9.84. The molecule has 1 aromatic rings. The van der Waals surface area contributed by atoms with E-state index in [0.29, 0.717) is 18.0 Å². The Balaban J connectivity index is 1.76. The van der Waals surface area contributed by atoms with E-state index >= 15 is 0 Å². The lowest BCUT2D eigenvalue weighted by atomic mass is 10.2. The quantitative estimate of drug-likeness (QED) is 0.529. The number of hydrogen-bond donors (Lipinski definition) is 3. The van der Waals surface area contributed by atoms with Gasteiger partial charge in [0.2, 0.25) is 6.79 Å². The smallest absolute Gasteiger partial charge is 0.332 e. The van der Waals surface area contributed by atoms with E-state index in [9.17, 15) is 4.79 Å². The van der Waals surface area contributed by atoms with Crippen molar-refractivity contribution in [3.05, 3.63) is 23.8 Å². The Hall–Kier alpha value is -2.06. The second kappa shape index (κ2) is 6.21. The summed E-state index contributed by atoms with van der Waals surface area (Å²) < 4.78 is 10.4. The number of hydroxylamine groups is 1. The monoisotopic (exact) mass is 284 g/mol. The first-order chi connectivity index (χ1) is 9.15. The van der Waals surface area contributed by atoms with E-state index in [1.807, 2.05) is 18.2 Å². The molecule has 0 fully saturated rings. The predicted octanol–water partition coefficient (Wildman–Crippen LogP) is 0.396. The number of carboxylic acids is 1. The van der Waals surface area contributed by atoms with Crippen LogP contribution in [0.3, 0.4) is 0 Å². The molecule has 0 aromatic heterocycles. The summed E-state index contributed by atoms with van der Waals surface area (Å²) in [6, 6.07) is 5.54. The van der Waals surface area contributed by atoms with E-state index in [-0.39, 0.29) is 11.9 Å². The first-order valence-corrected chi connectivity index (χ1v) is 5.82. The molecule has 0 spiro atoms. The fraction of sp³-hybridized carbons (Fsp3) is 0.273. The molecular weight excluding hydrogens is 272 g/mol. The average molecular weight is 284 g/mol. The fourth-order valence-electron chi connectivity index (χ4n) is 1.43. The van der Waals surface area contributed by atoms with Crippen LogP contribution in [0, 0.1) is 0 Å². The summed E-state index contributed by atoms with van der Waals surface area (Å²) in [5.74, 6) is 0.334. The molecule has 0 atom stereocenters. The molecule has 0 unspecified atom stereocenters. The van der Waals surface area contributed by atoms with E-state index in [2.05, 4.69) is 15.6 Å². The van der Waals surface area contributed by atoms with Crippen LogP contribution in [-0.4, -0.2) is 29.6 Å². The Morgan fingerprint density at radius 1 is 1.42 bits per heavy atom. The summed E-state index contributed by atoms with van der Waals surface area (Å²) in [6.07, 6.45) is 0. The number of hydrogen-bond acceptors (Lipinski definition) is 5. The summed E-state index contributed by atoms with van der Waals surface area (Å²) in [5, 5.41) is 11.4. The Morgan fingerprint density at radius 2 is 2.21 bits per heavy atom. The fourth-order valence-corrected chi connectivity index (χ4v) is 1.56. The van der Waals surface area contributed by atoms with Gasteiger partial charge in [-0.05, 0) is 29.9 Å². The normalized spacial score (nSPS) is 12.0. The lowest BCUT2D eigenvalue weighted by molar-refractivity contribution is -0.143. The molecule has 102 valence electrons. The van der Waals surface area contributed by atoms with Crippen LogP contribution in [-0.2, 0) is 16.2 Å². The molecule has 0 saturated carbocycles. The number of rotatable bonds is 5. The van der Waals surface area contributed by atoms with Crippen molar-refractivity contribution in [2.24, 2.45) is 0 Å². The molecule has 7 nitrogen and oxygen atoms in total. The molecule has 3 N–H and O–H groups in total. The van der Waals surface area contributed by atoms with Crippen molar-refractivity contribution < 1.29 is 24.2 Å². The van der Waals surface area contributed by atoms with Crippen molar-refractivity contribution >= 4 is 23.3 Å². The van der Waals surface area contributed by atoms with E-state index in [4.69, 9.17) is 26.8 Å². The topological polar surface area (TPSA) is 89.1 Å². The molecule has 1 aromatic carbocycles. The number of benzene rings is 1. The van der Waals surface area contributed by atoms with Crippen LogP contribution in [0.4, 0.5) is 0 Å². The van der Waals surface area contributed by atoms with Gasteiger partial charge in [-0.3, -0.25) is 4.84 Å². The Labute approximate surface area is 114 Å². The van der Waals surface area contributed by atoms with Gasteiger partial charge in [0.05, 0.1) is 0 Å². The van der Waals surface area contributed by atoms with Gasteiger partial charge < -0.3 is 19.9 Å². The summed E-state index contributed by atoms with van der Waals surface area (Å²) in [6.45, 7) is 0.222. The van der Waals surface area contributed by atoms with Crippen molar-refractivity contribution in [1.29, 1.82) is 0 Å². The SMILES string of the molecule is O=C(O)CONC(=S)NCc1ccc2c(c1)OCO2. The Morgan fingerprint density at radius 3 is 3.00 bits per heavy atom. The molecule has 1 aliphatic heterocycles. The first kappa shape index (κ1) is 13.4. The third-order valence-corrected chi connectivity index (χ3v) is 2.48. The summed E-state index contributed by atoms with van der Waals surface area (Å²) in [5.41, 5.74) is 3.27. The average Bonchev–Trinajstić information content (AvgIpc) is 2.83. The highest BCUT2D eigenvalue weighted by atomic mass is 32.1. The van der Waals surface area contributed by atoms with E-state index in [0.717, 1.165) is 5.56 Å². The standard InChI is InChI=1S/C11H12N2O5S/c14-10(15)5-18-13-11(19)12-4-7-1-2-8-9(3-7)17-6-16-8/h1-3H,4-6H2,(H,14,15)(H2,12,13,19). The first-order valence-electron chi connectivity index (χ1n) is 5.41. The van der Waals surface area contributed by atoms with Crippen molar-refractivity contribution in [3.63, 3.8) is 0 Å². The second-order valence-electron chi connectivity index (χ2n) is 3.65. The predicted molar refractivity (Wildman–Crippen MR) is 68.7 cm³/mol. The largest absolute Gasteiger partial charge is 0.479 e. The highest BCUT2D eigenvalue weighted by Crippen LogP contribution is 2.32. The third-order valence-electron chi connectivity index (χ3n) is 2.25. The number of carboxylic acid groups (broad SMARTS) is 1. The van der Waals surface area contributed by atoms with Gasteiger partial charge in [0.1, 0.15) is 0 Å². The lowest BCUT2D eigenvalue weighted by Crippen LogP contribution is -2.35.